The van der Waals surface area contributed by atoms with Crippen LogP contribution < -0.4 is 10.0 Å². The Labute approximate surface area is 136 Å². The fourth-order valence-electron chi connectivity index (χ4n) is 2.21. The van der Waals surface area contributed by atoms with Crippen molar-refractivity contribution in [1.82, 2.24) is 10.0 Å². The molecule has 0 amide bonds. The molecule has 0 fully saturated rings. The van der Waals surface area contributed by atoms with Gasteiger partial charge in [-0.2, -0.15) is 11.3 Å². The molecule has 1 heterocycles. The van der Waals surface area contributed by atoms with Crippen molar-refractivity contribution in [3.8, 4) is 0 Å². The Kier molecular flexibility index (Phi) is 5.74. The van der Waals surface area contributed by atoms with Crippen LogP contribution in [0.3, 0.4) is 0 Å². The Morgan fingerprint density at radius 1 is 1.18 bits per heavy atom. The quantitative estimate of drug-likeness (QED) is 0.815. The van der Waals surface area contributed by atoms with Gasteiger partial charge in [-0.25, -0.2) is 13.1 Å². The first-order chi connectivity index (χ1) is 10.4. The summed E-state index contributed by atoms with van der Waals surface area (Å²) in [7, 11) is -1.97. The highest BCUT2D eigenvalue weighted by Crippen LogP contribution is 2.20. The number of sulfonamides is 1. The Bertz CT molecular complexity index is 697. The second-order valence-electron chi connectivity index (χ2n) is 5.37. The highest BCUT2D eigenvalue weighted by molar-refractivity contribution is 7.89. The number of benzene rings is 1. The van der Waals surface area contributed by atoms with Crippen molar-refractivity contribution in [3.63, 3.8) is 0 Å². The van der Waals surface area contributed by atoms with Crippen LogP contribution in [-0.2, 0) is 10.0 Å². The van der Waals surface area contributed by atoms with E-state index in [2.05, 4.69) is 33.8 Å². The van der Waals surface area contributed by atoms with Crippen LogP contribution in [0.2, 0.25) is 0 Å². The molecule has 0 spiro atoms. The van der Waals surface area contributed by atoms with E-state index in [1.54, 1.807) is 29.5 Å². The third kappa shape index (κ3) is 4.16. The molecular weight excluding hydrogens is 316 g/mol. The second-order valence-corrected chi connectivity index (χ2v) is 8.03. The van der Waals surface area contributed by atoms with Crippen LogP contribution in [0.5, 0.6) is 0 Å². The van der Waals surface area contributed by atoms with Crippen molar-refractivity contribution in [1.29, 1.82) is 0 Å². The van der Waals surface area contributed by atoms with Gasteiger partial charge in [0, 0.05) is 12.6 Å². The lowest BCUT2D eigenvalue weighted by molar-refractivity contribution is 0.536. The number of rotatable bonds is 7. The van der Waals surface area contributed by atoms with Crippen LogP contribution >= 0.6 is 11.3 Å². The standard InChI is InChI=1S/C16H22N2O2S2/c1-12(15-7-8-21-11-15)10-18-13(2)14-5-4-6-16(9-14)22(19,20)17-3/h4-9,11-13,17-18H,10H2,1-3H3. The molecule has 0 bridgehead atoms. The van der Waals surface area contributed by atoms with Crippen molar-refractivity contribution >= 4 is 21.4 Å². The smallest absolute Gasteiger partial charge is 0.240 e. The van der Waals surface area contributed by atoms with Crippen molar-refractivity contribution in [2.24, 2.45) is 0 Å². The van der Waals surface area contributed by atoms with Gasteiger partial charge in [-0.05, 0) is 60.0 Å². The molecule has 120 valence electrons. The highest BCUT2D eigenvalue weighted by Gasteiger charge is 2.14. The molecule has 0 aliphatic carbocycles. The van der Waals surface area contributed by atoms with Gasteiger partial charge in [0.25, 0.3) is 0 Å². The SMILES string of the molecule is CNS(=O)(=O)c1cccc(C(C)NCC(C)c2ccsc2)c1. The largest absolute Gasteiger partial charge is 0.310 e. The maximum absolute atomic E-state index is 11.9. The molecule has 2 aromatic rings. The van der Waals surface area contributed by atoms with Gasteiger partial charge in [0.2, 0.25) is 10.0 Å². The Morgan fingerprint density at radius 2 is 1.95 bits per heavy atom. The van der Waals surface area contributed by atoms with Gasteiger partial charge in [-0.3, -0.25) is 0 Å². The minimum atomic E-state index is -3.40. The van der Waals surface area contributed by atoms with Gasteiger partial charge in [0.15, 0.2) is 0 Å². The van der Waals surface area contributed by atoms with E-state index in [1.807, 2.05) is 13.0 Å². The normalized spacial score (nSPS) is 14.7. The zero-order valence-electron chi connectivity index (χ0n) is 13.0. The molecule has 2 N–H and O–H groups in total. The van der Waals surface area contributed by atoms with Crippen molar-refractivity contribution in [3.05, 3.63) is 52.2 Å². The Morgan fingerprint density at radius 3 is 2.59 bits per heavy atom. The first-order valence-electron chi connectivity index (χ1n) is 7.23. The average Bonchev–Trinajstić information content (AvgIpc) is 3.07. The van der Waals surface area contributed by atoms with Crippen LogP contribution in [0.1, 0.15) is 36.9 Å². The van der Waals surface area contributed by atoms with E-state index in [4.69, 9.17) is 0 Å². The summed E-state index contributed by atoms with van der Waals surface area (Å²) in [6, 6.07) is 9.28. The third-order valence-corrected chi connectivity index (χ3v) is 5.89. The fourth-order valence-corrected chi connectivity index (χ4v) is 3.78. The predicted octanol–water partition coefficient (Wildman–Crippen LogP) is 3.11. The lowest BCUT2D eigenvalue weighted by atomic mass is 10.0. The number of nitrogens with one attached hydrogen (secondary N) is 2. The molecule has 1 aromatic heterocycles. The monoisotopic (exact) mass is 338 g/mol. The summed E-state index contributed by atoms with van der Waals surface area (Å²) in [6.45, 7) is 5.08. The van der Waals surface area contributed by atoms with Crippen LogP contribution in [0.25, 0.3) is 0 Å². The Hall–Kier alpha value is -1.21. The molecular formula is C16H22N2O2S2. The zero-order valence-corrected chi connectivity index (χ0v) is 14.7. The van der Waals surface area contributed by atoms with Crippen molar-refractivity contribution in [2.45, 2.75) is 30.7 Å². The van der Waals surface area contributed by atoms with Gasteiger partial charge in [0.05, 0.1) is 4.90 Å². The fraction of sp³-hybridized carbons (Fsp3) is 0.375. The molecule has 2 unspecified atom stereocenters. The lowest BCUT2D eigenvalue weighted by Gasteiger charge is -2.18. The van der Waals surface area contributed by atoms with Crippen LogP contribution in [0.4, 0.5) is 0 Å². The van der Waals surface area contributed by atoms with Gasteiger partial charge in [-0.15, -0.1) is 0 Å². The minimum absolute atomic E-state index is 0.0908. The first-order valence-corrected chi connectivity index (χ1v) is 9.65. The maximum atomic E-state index is 11.9. The molecule has 2 rings (SSSR count). The van der Waals surface area contributed by atoms with E-state index in [0.717, 1.165) is 12.1 Å². The van der Waals surface area contributed by atoms with Crippen molar-refractivity contribution in [2.75, 3.05) is 13.6 Å². The minimum Gasteiger partial charge on any atom is -0.310 e. The summed E-state index contributed by atoms with van der Waals surface area (Å²) in [5.74, 6) is 0.429. The summed E-state index contributed by atoms with van der Waals surface area (Å²) >= 11 is 1.70. The number of hydrogen-bond acceptors (Lipinski definition) is 4. The molecule has 0 aliphatic rings. The second kappa shape index (κ2) is 7.37. The average molecular weight is 338 g/mol. The third-order valence-electron chi connectivity index (χ3n) is 3.78. The van der Waals surface area contributed by atoms with Gasteiger partial charge < -0.3 is 5.32 Å². The molecule has 0 aliphatic heterocycles. The van der Waals surface area contributed by atoms with E-state index in [1.165, 1.54) is 12.6 Å². The Balaban J connectivity index is 2.04. The topological polar surface area (TPSA) is 58.2 Å². The van der Waals surface area contributed by atoms with E-state index in [-0.39, 0.29) is 6.04 Å². The summed E-state index contributed by atoms with van der Waals surface area (Å²) in [5, 5.41) is 7.72. The van der Waals surface area contributed by atoms with Crippen LogP contribution in [0, 0.1) is 0 Å². The molecule has 1 aromatic carbocycles. The summed E-state index contributed by atoms with van der Waals surface area (Å²) in [4.78, 5) is 0.298. The molecule has 6 heteroatoms. The highest BCUT2D eigenvalue weighted by atomic mass is 32.2. The number of thiophene rings is 1. The number of hydrogen-bond donors (Lipinski definition) is 2. The van der Waals surface area contributed by atoms with Crippen LogP contribution in [-0.4, -0.2) is 22.0 Å². The molecule has 4 nitrogen and oxygen atoms in total. The first kappa shape index (κ1) is 17.1. The van der Waals surface area contributed by atoms with E-state index in [9.17, 15) is 8.42 Å². The zero-order chi connectivity index (χ0) is 16.2. The maximum Gasteiger partial charge on any atom is 0.240 e. The lowest BCUT2D eigenvalue weighted by Crippen LogP contribution is -2.24. The van der Waals surface area contributed by atoms with E-state index >= 15 is 0 Å². The van der Waals surface area contributed by atoms with Gasteiger partial charge in [0.1, 0.15) is 0 Å². The molecule has 22 heavy (non-hydrogen) atoms. The van der Waals surface area contributed by atoms with E-state index in [0.29, 0.717) is 10.8 Å². The van der Waals surface area contributed by atoms with Gasteiger partial charge in [-0.1, -0.05) is 19.1 Å². The summed E-state index contributed by atoms with van der Waals surface area (Å²) in [5.41, 5.74) is 2.30. The predicted molar refractivity (Wildman–Crippen MR) is 91.8 cm³/mol. The van der Waals surface area contributed by atoms with E-state index < -0.39 is 10.0 Å². The summed E-state index contributed by atoms with van der Waals surface area (Å²) in [6.07, 6.45) is 0. The van der Waals surface area contributed by atoms with Gasteiger partial charge >= 0.3 is 0 Å². The van der Waals surface area contributed by atoms with Crippen molar-refractivity contribution < 1.29 is 8.42 Å². The molecule has 0 radical (unpaired) electrons. The molecule has 0 saturated heterocycles. The summed E-state index contributed by atoms with van der Waals surface area (Å²) < 4.78 is 26.1. The molecule has 0 saturated carbocycles. The van der Waals surface area contributed by atoms with Crippen LogP contribution in [0.15, 0.2) is 46.0 Å². The molecule has 2 atom stereocenters.